The zero-order valence-electron chi connectivity index (χ0n) is 19.5. The first kappa shape index (κ1) is 21.1. The van der Waals surface area contributed by atoms with Crippen LogP contribution in [0.2, 0.25) is 0 Å². The fourth-order valence-electron chi connectivity index (χ4n) is 5.06. The topological polar surface area (TPSA) is 12.4 Å². The van der Waals surface area contributed by atoms with Crippen molar-refractivity contribution in [3.63, 3.8) is 0 Å². The Labute approximate surface area is 186 Å². The Kier molecular flexibility index (Phi) is 5.78. The maximum atomic E-state index is 5.26. The quantitative estimate of drug-likeness (QED) is 0.306. The lowest BCUT2D eigenvalue weighted by Gasteiger charge is -2.23. The minimum absolute atomic E-state index is 0.0276. The van der Waals surface area contributed by atoms with Gasteiger partial charge in [0.1, 0.15) is 6.04 Å². The standard InChI is InChI=1S/C30H31N/c1-19-14-21(3)28(22(4)15-19)30(29-23(5)16-20(2)17-24(29)6)31-18-26-12-9-11-25-10-7-8-13-27(25)26/h7-18,30H,1-6H3. The van der Waals surface area contributed by atoms with Gasteiger partial charge >= 0.3 is 0 Å². The van der Waals surface area contributed by atoms with Crippen molar-refractivity contribution >= 4 is 17.0 Å². The Morgan fingerprint density at radius 3 is 1.65 bits per heavy atom. The molecule has 0 aliphatic heterocycles. The van der Waals surface area contributed by atoms with Gasteiger partial charge in [0.25, 0.3) is 0 Å². The second-order valence-corrected chi connectivity index (χ2v) is 8.87. The number of aryl methyl sites for hydroxylation is 6. The van der Waals surface area contributed by atoms with E-state index >= 15 is 0 Å². The molecule has 4 rings (SSSR count). The first-order valence-corrected chi connectivity index (χ1v) is 11.0. The minimum Gasteiger partial charge on any atom is -0.280 e. The van der Waals surface area contributed by atoms with Crippen molar-refractivity contribution in [2.75, 3.05) is 0 Å². The predicted octanol–water partition coefficient (Wildman–Crippen LogP) is 7.90. The third kappa shape index (κ3) is 4.18. The van der Waals surface area contributed by atoms with E-state index in [0.29, 0.717) is 0 Å². The van der Waals surface area contributed by atoms with E-state index in [-0.39, 0.29) is 6.04 Å². The van der Waals surface area contributed by atoms with Gasteiger partial charge in [0.2, 0.25) is 0 Å². The Morgan fingerprint density at radius 2 is 1.10 bits per heavy atom. The Bertz CT molecular complexity index is 1180. The summed E-state index contributed by atoms with van der Waals surface area (Å²) < 4.78 is 0. The molecule has 0 heterocycles. The van der Waals surface area contributed by atoms with E-state index in [0.717, 1.165) is 5.56 Å². The summed E-state index contributed by atoms with van der Waals surface area (Å²) in [5.41, 5.74) is 11.6. The molecular weight excluding hydrogens is 374 g/mol. The molecule has 0 spiro atoms. The van der Waals surface area contributed by atoms with Gasteiger partial charge in [-0.25, -0.2) is 0 Å². The van der Waals surface area contributed by atoms with Crippen molar-refractivity contribution in [1.82, 2.24) is 0 Å². The van der Waals surface area contributed by atoms with Gasteiger partial charge in [-0.2, -0.15) is 0 Å². The second-order valence-electron chi connectivity index (χ2n) is 8.87. The van der Waals surface area contributed by atoms with Crippen LogP contribution in [0.25, 0.3) is 10.8 Å². The van der Waals surface area contributed by atoms with Crippen molar-refractivity contribution in [3.05, 3.63) is 117 Å². The van der Waals surface area contributed by atoms with E-state index in [1.54, 1.807) is 0 Å². The largest absolute Gasteiger partial charge is 0.280 e. The molecule has 1 heteroatoms. The van der Waals surface area contributed by atoms with E-state index in [9.17, 15) is 0 Å². The van der Waals surface area contributed by atoms with Crippen LogP contribution in [0.15, 0.2) is 71.7 Å². The third-order valence-electron chi connectivity index (χ3n) is 6.21. The summed E-state index contributed by atoms with van der Waals surface area (Å²) in [5, 5.41) is 2.48. The summed E-state index contributed by atoms with van der Waals surface area (Å²) in [6.07, 6.45) is 2.07. The molecule has 0 atom stereocenters. The molecule has 0 unspecified atom stereocenters. The van der Waals surface area contributed by atoms with E-state index in [1.165, 1.54) is 55.3 Å². The Morgan fingerprint density at radius 1 is 0.613 bits per heavy atom. The molecule has 1 nitrogen and oxygen atoms in total. The molecule has 0 bridgehead atoms. The van der Waals surface area contributed by atoms with Gasteiger partial charge in [-0.3, -0.25) is 4.99 Å². The molecule has 4 aromatic rings. The van der Waals surface area contributed by atoms with Gasteiger partial charge in [0.15, 0.2) is 0 Å². The summed E-state index contributed by atoms with van der Waals surface area (Å²) >= 11 is 0. The monoisotopic (exact) mass is 405 g/mol. The number of nitrogens with zero attached hydrogens (tertiary/aromatic N) is 1. The Hall–Kier alpha value is -3.19. The molecule has 156 valence electrons. The van der Waals surface area contributed by atoms with Crippen LogP contribution in [-0.2, 0) is 0 Å². The number of fused-ring (bicyclic) bond motifs is 1. The van der Waals surface area contributed by atoms with Gasteiger partial charge in [0.05, 0.1) is 0 Å². The average Bonchev–Trinajstić information content (AvgIpc) is 2.70. The van der Waals surface area contributed by atoms with Gasteiger partial charge in [-0.05, 0) is 85.7 Å². The van der Waals surface area contributed by atoms with Gasteiger partial charge in [-0.15, -0.1) is 0 Å². The van der Waals surface area contributed by atoms with Crippen LogP contribution in [-0.4, -0.2) is 6.21 Å². The van der Waals surface area contributed by atoms with E-state index in [4.69, 9.17) is 4.99 Å². The lowest BCUT2D eigenvalue weighted by molar-refractivity contribution is 0.838. The van der Waals surface area contributed by atoms with Crippen LogP contribution in [0.4, 0.5) is 0 Å². The highest BCUT2D eigenvalue weighted by atomic mass is 14.8. The minimum atomic E-state index is -0.0276. The van der Waals surface area contributed by atoms with E-state index < -0.39 is 0 Å². The summed E-state index contributed by atoms with van der Waals surface area (Å²) in [4.78, 5) is 5.26. The fraction of sp³-hybridized carbons (Fsp3) is 0.233. The molecule has 0 aliphatic carbocycles. The van der Waals surface area contributed by atoms with Crippen molar-refractivity contribution < 1.29 is 0 Å². The average molecular weight is 406 g/mol. The van der Waals surface area contributed by atoms with Crippen LogP contribution >= 0.6 is 0 Å². The summed E-state index contributed by atoms with van der Waals surface area (Å²) in [5.74, 6) is 0. The maximum Gasteiger partial charge on any atom is 0.101 e. The number of benzene rings is 4. The van der Waals surface area contributed by atoms with Gasteiger partial charge in [0, 0.05) is 11.8 Å². The van der Waals surface area contributed by atoms with Crippen LogP contribution in [0.3, 0.4) is 0 Å². The van der Waals surface area contributed by atoms with Gasteiger partial charge < -0.3 is 0 Å². The molecule has 0 N–H and O–H groups in total. The molecule has 0 saturated heterocycles. The third-order valence-corrected chi connectivity index (χ3v) is 6.21. The molecule has 0 aromatic heterocycles. The van der Waals surface area contributed by atoms with Crippen LogP contribution in [0.1, 0.15) is 56.1 Å². The van der Waals surface area contributed by atoms with Crippen LogP contribution in [0, 0.1) is 41.5 Å². The molecule has 0 saturated carbocycles. The predicted molar refractivity (Wildman–Crippen MR) is 135 cm³/mol. The molecule has 0 aliphatic rings. The zero-order valence-corrected chi connectivity index (χ0v) is 19.5. The van der Waals surface area contributed by atoms with Gasteiger partial charge in [-0.1, -0.05) is 77.9 Å². The number of hydrogen-bond donors (Lipinski definition) is 0. The normalized spacial score (nSPS) is 11.7. The zero-order chi connectivity index (χ0) is 22.1. The molecule has 4 aromatic carbocycles. The molecule has 0 fully saturated rings. The summed E-state index contributed by atoms with van der Waals surface area (Å²) in [6.45, 7) is 13.2. The highest BCUT2D eigenvalue weighted by Gasteiger charge is 2.21. The maximum absolute atomic E-state index is 5.26. The van der Waals surface area contributed by atoms with Crippen molar-refractivity contribution in [2.45, 2.75) is 47.6 Å². The molecule has 31 heavy (non-hydrogen) atoms. The lowest BCUT2D eigenvalue weighted by Crippen LogP contribution is -2.08. The van der Waals surface area contributed by atoms with Crippen molar-refractivity contribution in [3.8, 4) is 0 Å². The summed E-state index contributed by atoms with van der Waals surface area (Å²) in [7, 11) is 0. The molecular formula is C30H31N. The molecule has 0 amide bonds. The lowest BCUT2D eigenvalue weighted by atomic mass is 9.85. The SMILES string of the molecule is Cc1cc(C)c(C(N=Cc2cccc3ccccc23)c2c(C)cc(C)cc2C)c(C)c1. The van der Waals surface area contributed by atoms with E-state index in [2.05, 4.69) is 114 Å². The van der Waals surface area contributed by atoms with Crippen LogP contribution in [0.5, 0.6) is 0 Å². The number of hydrogen-bond acceptors (Lipinski definition) is 1. The van der Waals surface area contributed by atoms with Crippen molar-refractivity contribution in [2.24, 2.45) is 4.99 Å². The smallest absolute Gasteiger partial charge is 0.101 e. The fourth-order valence-corrected chi connectivity index (χ4v) is 5.06. The summed E-state index contributed by atoms with van der Waals surface area (Å²) in [6, 6.07) is 24.0. The molecule has 0 radical (unpaired) electrons. The first-order valence-electron chi connectivity index (χ1n) is 11.0. The van der Waals surface area contributed by atoms with Crippen LogP contribution < -0.4 is 0 Å². The number of aliphatic imine (C=N–C) groups is 1. The Balaban J connectivity index is 1.93. The second kappa shape index (κ2) is 8.51. The number of rotatable bonds is 4. The highest BCUT2D eigenvalue weighted by Crippen LogP contribution is 2.36. The van der Waals surface area contributed by atoms with Crippen molar-refractivity contribution in [1.29, 1.82) is 0 Å². The first-order chi connectivity index (χ1) is 14.8. The van der Waals surface area contributed by atoms with E-state index in [1.807, 2.05) is 0 Å². The highest BCUT2D eigenvalue weighted by molar-refractivity contribution is 5.99.